The Morgan fingerprint density at radius 1 is 1.24 bits per heavy atom. The Hall–Kier alpha value is -1.80. The number of nitrogens with zero attached hydrogens (tertiary/aromatic N) is 2. The number of anilines is 1. The van der Waals surface area contributed by atoms with Crippen molar-refractivity contribution < 1.29 is 9.53 Å². The third-order valence-corrected chi connectivity index (χ3v) is 5.41. The molecule has 6 nitrogen and oxygen atoms in total. The Morgan fingerprint density at radius 3 is 2.60 bits per heavy atom. The van der Waals surface area contributed by atoms with Gasteiger partial charge in [0.15, 0.2) is 4.34 Å². The van der Waals surface area contributed by atoms with Crippen molar-refractivity contribution in [1.82, 2.24) is 15.5 Å². The van der Waals surface area contributed by atoms with Crippen LogP contribution in [0.25, 0.3) is 0 Å². The fraction of sp³-hybridized carbons (Fsp3) is 0.471. The summed E-state index contributed by atoms with van der Waals surface area (Å²) < 4.78 is 5.91. The zero-order valence-corrected chi connectivity index (χ0v) is 16.5. The number of benzene rings is 1. The highest BCUT2D eigenvalue weighted by Gasteiger charge is 2.17. The van der Waals surface area contributed by atoms with Crippen molar-refractivity contribution in [3.63, 3.8) is 0 Å². The van der Waals surface area contributed by atoms with E-state index in [4.69, 9.17) is 4.74 Å². The molecule has 1 heterocycles. The molecule has 136 valence electrons. The first-order valence-corrected chi connectivity index (χ1v) is 9.82. The van der Waals surface area contributed by atoms with Gasteiger partial charge < -0.3 is 15.4 Å². The van der Waals surface area contributed by atoms with Gasteiger partial charge in [0.25, 0.3) is 0 Å². The van der Waals surface area contributed by atoms with Crippen LogP contribution in [-0.4, -0.2) is 35.0 Å². The van der Waals surface area contributed by atoms with Gasteiger partial charge >= 0.3 is 0 Å². The molecule has 0 unspecified atom stereocenters. The normalized spacial score (nSPS) is 12.0. The van der Waals surface area contributed by atoms with Gasteiger partial charge in [-0.1, -0.05) is 49.1 Å². The highest BCUT2D eigenvalue weighted by Crippen LogP contribution is 2.29. The van der Waals surface area contributed by atoms with Gasteiger partial charge in [0, 0.05) is 13.1 Å². The molecule has 2 N–H and O–H groups in total. The van der Waals surface area contributed by atoms with Gasteiger partial charge in [-0.25, -0.2) is 0 Å². The average molecular weight is 381 g/mol. The number of carbonyl (C=O) groups is 1. The number of hydrogen-bond donors (Lipinski definition) is 2. The Bertz CT molecular complexity index is 674. The van der Waals surface area contributed by atoms with Gasteiger partial charge in [0.05, 0.1) is 12.4 Å². The topological polar surface area (TPSA) is 76.1 Å². The summed E-state index contributed by atoms with van der Waals surface area (Å²) in [5.74, 6) is 1.33. The third-order valence-electron chi connectivity index (χ3n) is 3.34. The molecule has 0 spiro atoms. The minimum atomic E-state index is -0.232. The summed E-state index contributed by atoms with van der Waals surface area (Å²) in [4.78, 5) is 12.2. The van der Waals surface area contributed by atoms with Crippen LogP contribution in [0.15, 0.2) is 28.6 Å². The van der Waals surface area contributed by atoms with Crippen LogP contribution in [0.2, 0.25) is 0 Å². The molecule has 0 bridgehead atoms. The van der Waals surface area contributed by atoms with E-state index in [1.54, 1.807) is 7.11 Å². The lowest BCUT2D eigenvalue weighted by Crippen LogP contribution is -2.30. The molecule has 25 heavy (non-hydrogen) atoms. The maximum Gasteiger partial charge on any atom is 0.233 e. The number of nitrogens with one attached hydrogen (secondary N) is 2. The molecule has 0 radical (unpaired) electrons. The largest absolute Gasteiger partial charge is 0.497 e. The standard InChI is InChI=1S/C17H24N4O2S2/c1-11(2)9-19-16-20-21-17(25-16)24-12(3)15(22)18-10-13-5-7-14(23-4)8-6-13/h5-8,11-12H,9-10H2,1-4H3,(H,18,22)(H,19,20)/t12-/m0/s1. The maximum atomic E-state index is 12.2. The molecule has 0 aliphatic heterocycles. The monoisotopic (exact) mass is 380 g/mol. The van der Waals surface area contributed by atoms with E-state index >= 15 is 0 Å². The summed E-state index contributed by atoms with van der Waals surface area (Å²) >= 11 is 2.90. The van der Waals surface area contributed by atoms with Crippen LogP contribution in [0.1, 0.15) is 26.3 Å². The lowest BCUT2D eigenvalue weighted by molar-refractivity contribution is -0.120. The molecule has 0 saturated heterocycles. The minimum absolute atomic E-state index is 0.0206. The zero-order valence-electron chi connectivity index (χ0n) is 14.9. The molecule has 0 aliphatic rings. The Balaban J connectivity index is 1.79. The molecule has 1 amide bonds. The van der Waals surface area contributed by atoms with Crippen LogP contribution >= 0.6 is 23.1 Å². The van der Waals surface area contributed by atoms with Gasteiger partial charge in [-0.05, 0) is 30.5 Å². The van der Waals surface area contributed by atoms with Crippen LogP contribution in [0.4, 0.5) is 5.13 Å². The van der Waals surface area contributed by atoms with Crippen molar-refractivity contribution in [2.75, 3.05) is 19.0 Å². The molecular formula is C17H24N4O2S2. The molecule has 1 aromatic heterocycles. The lowest BCUT2D eigenvalue weighted by Gasteiger charge is -2.10. The average Bonchev–Trinajstić information content (AvgIpc) is 3.05. The van der Waals surface area contributed by atoms with Crippen LogP contribution in [0.3, 0.4) is 0 Å². The van der Waals surface area contributed by atoms with Crippen LogP contribution in [0.5, 0.6) is 5.75 Å². The van der Waals surface area contributed by atoms with E-state index in [1.165, 1.54) is 23.1 Å². The van der Waals surface area contributed by atoms with Gasteiger partial charge in [0.1, 0.15) is 5.75 Å². The van der Waals surface area contributed by atoms with E-state index < -0.39 is 0 Å². The van der Waals surface area contributed by atoms with Crippen molar-refractivity contribution in [3.05, 3.63) is 29.8 Å². The van der Waals surface area contributed by atoms with E-state index in [0.717, 1.165) is 27.3 Å². The SMILES string of the molecule is COc1ccc(CNC(=O)[C@H](C)Sc2nnc(NCC(C)C)s2)cc1. The van der Waals surface area contributed by atoms with E-state index in [0.29, 0.717) is 12.5 Å². The molecule has 2 aromatic rings. The third kappa shape index (κ3) is 6.55. The van der Waals surface area contributed by atoms with Crippen LogP contribution in [-0.2, 0) is 11.3 Å². The maximum absolute atomic E-state index is 12.2. The highest BCUT2D eigenvalue weighted by atomic mass is 32.2. The van der Waals surface area contributed by atoms with Gasteiger partial charge in [0.2, 0.25) is 11.0 Å². The molecule has 8 heteroatoms. The summed E-state index contributed by atoms with van der Waals surface area (Å²) in [5.41, 5.74) is 1.03. The second-order valence-electron chi connectivity index (χ2n) is 5.97. The predicted molar refractivity (Wildman–Crippen MR) is 103 cm³/mol. The minimum Gasteiger partial charge on any atom is -0.497 e. The first-order chi connectivity index (χ1) is 12.0. The molecule has 1 atom stereocenters. The van der Waals surface area contributed by atoms with Gasteiger partial charge in [-0.3, -0.25) is 4.79 Å². The summed E-state index contributed by atoms with van der Waals surface area (Å²) in [6.07, 6.45) is 0. The first-order valence-electron chi connectivity index (χ1n) is 8.12. The van der Waals surface area contributed by atoms with Gasteiger partial charge in [-0.2, -0.15) is 0 Å². The molecular weight excluding hydrogens is 356 g/mol. The zero-order chi connectivity index (χ0) is 18.2. The van der Waals surface area contributed by atoms with Crippen LogP contribution in [0, 0.1) is 5.92 Å². The molecule has 0 saturated carbocycles. The fourth-order valence-electron chi connectivity index (χ4n) is 1.90. The Kier molecular flexibility index (Phi) is 7.52. The van der Waals surface area contributed by atoms with E-state index in [9.17, 15) is 4.79 Å². The Labute approximate surface area is 156 Å². The fourth-order valence-corrected chi connectivity index (χ4v) is 3.83. The summed E-state index contributed by atoms with van der Waals surface area (Å²) in [5, 5.41) is 15.0. The van der Waals surface area contributed by atoms with Crippen molar-refractivity contribution in [2.45, 2.75) is 36.9 Å². The van der Waals surface area contributed by atoms with E-state index in [-0.39, 0.29) is 11.2 Å². The summed E-state index contributed by atoms with van der Waals surface area (Å²) in [7, 11) is 1.63. The molecule has 1 aromatic carbocycles. The van der Waals surface area contributed by atoms with Crippen LogP contribution < -0.4 is 15.4 Å². The quantitative estimate of drug-likeness (QED) is 0.649. The highest BCUT2D eigenvalue weighted by molar-refractivity contribution is 8.02. The van der Waals surface area contributed by atoms with Crippen molar-refractivity contribution in [1.29, 1.82) is 0 Å². The number of methoxy groups -OCH3 is 1. The first kappa shape index (κ1) is 19.5. The summed E-state index contributed by atoms with van der Waals surface area (Å²) in [6, 6.07) is 7.64. The number of ether oxygens (including phenoxy) is 1. The molecule has 2 rings (SSSR count). The predicted octanol–water partition coefficient (Wildman–Crippen LogP) is 3.41. The lowest BCUT2D eigenvalue weighted by atomic mass is 10.2. The second-order valence-corrected chi connectivity index (χ2v) is 8.54. The van der Waals surface area contributed by atoms with Crippen molar-refractivity contribution >= 4 is 34.1 Å². The van der Waals surface area contributed by atoms with Gasteiger partial charge in [-0.15, -0.1) is 10.2 Å². The van der Waals surface area contributed by atoms with Crippen molar-refractivity contribution in [2.24, 2.45) is 5.92 Å². The number of hydrogen-bond acceptors (Lipinski definition) is 7. The molecule has 0 fully saturated rings. The number of rotatable bonds is 9. The Morgan fingerprint density at radius 2 is 1.96 bits per heavy atom. The summed E-state index contributed by atoms with van der Waals surface area (Å²) in [6.45, 7) is 7.50. The number of thioether (sulfide) groups is 1. The van der Waals surface area contributed by atoms with Crippen molar-refractivity contribution in [3.8, 4) is 5.75 Å². The molecule has 0 aliphatic carbocycles. The smallest absolute Gasteiger partial charge is 0.233 e. The van der Waals surface area contributed by atoms with E-state index in [1.807, 2.05) is 31.2 Å². The van der Waals surface area contributed by atoms with E-state index in [2.05, 4.69) is 34.7 Å². The number of aromatic nitrogens is 2. The number of amides is 1. The second kappa shape index (κ2) is 9.62. The number of carbonyl (C=O) groups excluding carboxylic acids is 1.